The number of pyridine rings is 1. The second kappa shape index (κ2) is 11.4. The maximum Gasteiger partial charge on any atom is 0.328 e. The van der Waals surface area contributed by atoms with Crippen LogP contribution in [0.15, 0.2) is 36.4 Å². The van der Waals surface area contributed by atoms with E-state index >= 15 is 0 Å². The number of nitrogens with one attached hydrogen (secondary N) is 1. The molecule has 0 aliphatic rings. The Kier molecular flexibility index (Phi) is 9.24. The van der Waals surface area contributed by atoms with Gasteiger partial charge < -0.3 is 31.7 Å². The predicted molar refractivity (Wildman–Crippen MR) is 108 cm³/mol. The number of aliphatic carboxylic acids is 2. The molecule has 152 valence electrons. The average Bonchev–Trinajstić information content (AvgIpc) is 2.65. The molecule has 1 heterocycles. The summed E-state index contributed by atoms with van der Waals surface area (Å²) in [4.78, 5) is 23.5. The van der Waals surface area contributed by atoms with Gasteiger partial charge in [-0.2, -0.15) is 0 Å². The molecule has 0 bridgehead atoms. The lowest BCUT2D eigenvalue weighted by Gasteiger charge is -2.17. The number of benzene rings is 1. The highest BCUT2D eigenvalue weighted by Gasteiger charge is 2.09. The molecule has 9 heteroatoms. The summed E-state index contributed by atoms with van der Waals surface area (Å²) in [5, 5.41) is 20.1. The highest BCUT2D eigenvalue weighted by Crippen LogP contribution is 2.29. The van der Waals surface area contributed by atoms with E-state index in [1.54, 1.807) is 13.2 Å². The molecule has 0 saturated heterocycles. The minimum Gasteiger partial charge on any atom is -0.497 e. The summed E-state index contributed by atoms with van der Waals surface area (Å²) in [6.07, 6.45) is 3.12. The van der Waals surface area contributed by atoms with Crippen molar-refractivity contribution in [3.05, 3.63) is 36.4 Å². The quantitative estimate of drug-likeness (QED) is 0.425. The molecular formula is C19H26N4O5. The fourth-order valence-corrected chi connectivity index (χ4v) is 2.35. The summed E-state index contributed by atoms with van der Waals surface area (Å²) in [7, 11) is 1.66. The molecule has 2 aromatic rings. The smallest absolute Gasteiger partial charge is 0.328 e. The zero-order valence-corrected chi connectivity index (χ0v) is 15.9. The number of rotatable bonds is 8. The Balaban J connectivity index is 0.000000416. The van der Waals surface area contributed by atoms with Crippen molar-refractivity contribution in [1.82, 2.24) is 4.98 Å². The van der Waals surface area contributed by atoms with Crippen LogP contribution in [0, 0.1) is 0 Å². The maximum absolute atomic E-state index is 9.55. The number of nitrogens with zero attached hydrogens (tertiary/aromatic N) is 1. The van der Waals surface area contributed by atoms with Gasteiger partial charge in [-0.05, 0) is 44.5 Å². The third-order valence-corrected chi connectivity index (χ3v) is 3.63. The normalized spacial score (nSPS) is 11.5. The van der Waals surface area contributed by atoms with E-state index in [9.17, 15) is 9.59 Å². The van der Waals surface area contributed by atoms with Gasteiger partial charge in [0.15, 0.2) is 0 Å². The molecule has 1 aromatic heterocycles. The SMILES string of the molecule is COc1cc(NC(C)CCCN)c2nc(N)ccc2c1.O=C(O)C=CC(=O)O. The topological polar surface area (TPSA) is 161 Å². The second-order valence-electron chi connectivity index (χ2n) is 5.97. The van der Waals surface area contributed by atoms with E-state index in [-0.39, 0.29) is 0 Å². The predicted octanol–water partition coefficient (Wildman–Crippen LogP) is 2.08. The summed E-state index contributed by atoms with van der Waals surface area (Å²) >= 11 is 0. The molecule has 0 aliphatic heterocycles. The largest absolute Gasteiger partial charge is 0.497 e. The summed E-state index contributed by atoms with van der Waals surface area (Å²) in [5.41, 5.74) is 13.1. The third-order valence-electron chi connectivity index (χ3n) is 3.63. The van der Waals surface area contributed by atoms with Crippen LogP contribution in [0.1, 0.15) is 19.8 Å². The summed E-state index contributed by atoms with van der Waals surface area (Å²) in [6, 6.07) is 7.97. The number of anilines is 2. The summed E-state index contributed by atoms with van der Waals surface area (Å²) < 4.78 is 5.34. The minimum absolute atomic E-state index is 0.317. The van der Waals surface area contributed by atoms with Crippen LogP contribution < -0.4 is 21.5 Å². The number of methoxy groups -OCH3 is 1. The van der Waals surface area contributed by atoms with Crippen LogP contribution in [0.25, 0.3) is 10.9 Å². The molecule has 0 radical (unpaired) electrons. The standard InChI is InChI=1S/C15H22N4O.C4H4O4/c1-10(4-3-7-16)18-13-9-12(20-2)8-11-5-6-14(17)19-15(11)13;5-3(6)1-2-4(7)8/h5-6,8-10,18H,3-4,7,16H2,1-2H3,(H2,17,19);1-2H,(H,5,6)(H,7,8). The molecule has 1 unspecified atom stereocenters. The van der Waals surface area contributed by atoms with Crippen LogP contribution in [-0.2, 0) is 9.59 Å². The molecule has 28 heavy (non-hydrogen) atoms. The second-order valence-corrected chi connectivity index (χ2v) is 5.97. The Labute approximate surface area is 163 Å². The van der Waals surface area contributed by atoms with Gasteiger partial charge >= 0.3 is 11.9 Å². The van der Waals surface area contributed by atoms with Crippen molar-refractivity contribution in [2.24, 2.45) is 5.73 Å². The van der Waals surface area contributed by atoms with Crippen LogP contribution >= 0.6 is 0 Å². The monoisotopic (exact) mass is 390 g/mol. The van der Waals surface area contributed by atoms with Crippen LogP contribution in [-0.4, -0.2) is 46.8 Å². The Hall–Kier alpha value is -3.33. The Morgan fingerprint density at radius 1 is 1.25 bits per heavy atom. The molecule has 0 saturated carbocycles. The van der Waals surface area contributed by atoms with Gasteiger partial charge in [0.1, 0.15) is 11.6 Å². The molecule has 1 aromatic carbocycles. The number of nitrogen functional groups attached to an aromatic ring is 1. The highest BCUT2D eigenvalue weighted by atomic mass is 16.5. The fraction of sp³-hybridized carbons (Fsp3) is 0.316. The Morgan fingerprint density at radius 3 is 2.43 bits per heavy atom. The van der Waals surface area contributed by atoms with Crippen LogP contribution in [0.4, 0.5) is 11.5 Å². The number of carboxylic acid groups (broad SMARTS) is 2. The number of hydrogen-bond acceptors (Lipinski definition) is 7. The molecule has 0 amide bonds. The summed E-state index contributed by atoms with van der Waals surface area (Å²) in [6.45, 7) is 2.84. The van der Waals surface area contributed by atoms with Gasteiger partial charge in [0.25, 0.3) is 0 Å². The van der Waals surface area contributed by atoms with Gasteiger partial charge in [-0.25, -0.2) is 14.6 Å². The lowest BCUT2D eigenvalue weighted by molar-refractivity contribution is -0.134. The third kappa shape index (κ3) is 7.92. The minimum atomic E-state index is -1.26. The first-order valence-electron chi connectivity index (χ1n) is 8.61. The van der Waals surface area contributed by atoms with Crippen molar-refractivity contribution >= 4 is 34.3 Å². The van der Waals surface area contributed by atoms with Gasteiger partial charge in [-0.1, -0.05) is 0 Å². The average molecular weight is 390 g/mol. The Bertz CT molecular complexity index is 822. The lowest BCUT2D eigenvalue weighted by Crippen LogP contribution is -2.17. The van der Waals surface area contributed by atoms with E-state index in [1.807, 2.05) is 18.2 Å². The van der Waals surface area contributed by atoms with Crippen molar-refractivity contribution in [3.63, 3.8) is 0 Å². The number of nitrogens with two attached hydrogens (primary N) is 2. The summed E-state index contributed by atoms with van der Waals surface area (Å²) in [5.74, 6) is -1.20. The number of fused-ring (bicyclic) bond motifs is 1. The van der Waals surface area contributed by atoms with Gasteiger partial charge in [0.2, 0.25) is 0 Å². The molecule has 0 fully saturated rings. The zero-order valence-electron chi connectivity index (χ0n) is 15.9. The van der Waals surface area contributed by atoms with Crippen molar-refractivity contribution in [1.29, 1.82) is 0 Å². The van der Waals surface area contributed by atoms with E-state index in [4.69, 9.17) is 26.4 Å². The lowest BCUT2D eigenvalue weighted by atomic mass is 10.1. The van der Waals surface area contributed by atoms with Crippen molar-refractivity contribution in [3.8, 4) is 5.75 Å². The van der Waals surface area contributed by atoms with E-state index in [1.165, 1.54) is 0 Å². The van der Waals surface area contributed by atoms with Crippen molar-refractivity contribution in [2.75, 3.05) is 24.7 Å². The number of carbonyl (C=O) groups is 2. The molecule has 0 aliphatic carbocycles. The van der Waals surface area contributed by atoms with E-state index in [0.717, 1.165) is 35.2 Å². The van der Waals surface area contributed by atoms with Crippen LogP contribution in [0.2, 0.25) is 0 Å². The van der Waals surface area contributed by atoms with Crippen molar-refractivity contribution < 1.29 is 24.5 Å². The number of aromatic nitrogens is 1. The van der Waals surface area contributed by atoms with Crippen LogP contribution in [0.3, 0.4) is 0 Å². The van der Waals surface area contributed by atoms with Gasteiger partial charge in [0.05, 0.1) is 18.3 Å². The molecule has 0 spiro atoms. The first-order valence-corrected chi connectivity index (χ1v) is 8.61. The van der Waals surface area contributed by atoms with E-state index in [2.05, 4.69) is 17.2 Å². The molecular weight excluding hydrogens is 364 g/mol. The van der Waals surface area contributed by atoms with Gasteiger partial charge in [0, 0.05) is 29.6 Å². The number of ether oxygens (including phenoxy) is 1. The van der Waals surface area contributed by atoms with E-state index < -0.39 is 11.9 Å². The molecule has 2 rings (SSSR count). The van der Waals surface area contributed by atoms with E-state index in [0.29, 0.717) is 30.6 Å². The first kappa shape index (κ1) is 22.7. The maximum atomic E-state index is 9.55. The van der Waals surface area contributed by atoms with Crippen LogP contribution in [0.5, 0.6) is 5.75 Å². The molecule has 9 nitrogen and oxygen atoms in total. The number of hydrogen-bond donors (Lipinski definition) is 5. The first-order chi connectivity index (χ1) is 13.3. The molecule has 7 N–H and O–H groups in total. The molecule has 1 atom stereocenters. The fourth-order valence-electron chi connectivity index (χ4n) is 2.35. The van der Waals surface area contributed by atoms with Crippen molar-refractivity contribution in [2.45, 2.75) is 25.8 Å². The number of carboxylic acids is 2. The highest BCUT2D eigenvalue weighted by molar-refractivity contribution is 5.93. The van der Waals surface area contributed by atoms with Gasteiger partial charge in [-0.3, -0.25) is 0 Å². The zero-order chi connectivity index (χ0) is 21.1. The Morgan fingerprint density at radius 2 is 1.89 bits per heavy atom. The van der Waals surface area contributed by atoms with Gasteiger partial charge in [-0.15, -0.1) is 0 Å².